The maximum atomic E-state index is 12.6. The van der Waals surface area contributed by atoms with E-state index in [1.807, 2.05) is 11.8 Å². The molecule has 1 aliphatic carbocycles. The van der Waals surface area contributed by atoms with Crippen molar-refractivity contribution in [2.24, 2.45) is 0 Å². The highest BCUT2D eigenvalue weighted by molar-refractivity contribution is 5.76. The Morgan fingerprint density at radius 2 is 1.88 bits per heavy atom. The van der Waals surface area contributed by atoms with Crippen LogP contribution in [0.1, 0.15) is 55.3 Å². The van der Waals surface area contributed by atoms with Gasteiger partial charge in [0.2, 0.25) is 11.9 Å². The van der Waals surface area contributed by atoms with Crippen LogP contribution in [0.3, 0.4) is 0 Å². The van der Waals surface area contributed by atoms with E-state index in [1.54, 1.807) is 0 Å². The molecule has 2 fully saturated rings. The quantitative estimate of drug-likeness (QED) is 0.620. The molecule has 0 spiro atoms. The molecule has 1 saturated heterocycles. The molecule has 184 valence electrons. The van der Waals surface area contributed by atoms with Gasteiger partial charge in [-0.2, -0.15) is 0 Å². The maximum absolute atomic E-state index is 12.6. The Morgan fingerprint density at radius 3 is 2.56 bits per heavy atom. The Balaban J connectivity index is 1.26. The van der Waals surface area contributed by atoms with E-state index in [0.29, 0.717) is 62.5 Å². The van der Waals surface area contributed by atoms with E-state index in [0.717, 1.165) is 5.56 Å². The average Bonchev–Trinajstić information content (AvgIpc) is 2.88. The number of rotatable bonds is 8. The third-order valence-corrected chi connectivity index (χ3v) is 7.08. The van der Waals surface area contributed by atoms with Gasteiger partial charge in [-0.3, -0.25) is 14.6 Å². The Bertz CT molecular complexity index is 1010. The summed E-state index contributed by atoms with van der Waals surface area (Å²) < 4.78 is 5.36. The summed E-state index contributed by atoms with van der Waals surface area (Å²) in [5, 5.41) is 2.98. The Morgan fingerprint density at radius 1 is 1.18 bits per heavy atom. The molecular formula is C26H37N5O3. The Labute approximate surface area is 201 Å². The minimum Gasteiger partial charge on any atom is -0.378 e. The molecule has 2 aromatic rings. The summed E-state index contributed by atoms with van der Waals surface area (Å²) in [6, 6.07) is 9.07. The molecule has 2 N–H and O–H groups in total. The second-order valence-electron chi connectivity index (χ2n) is 9.40. The molecule has 1 aromatic carbocycles. The highest BCUT2D eigenvalue weighted by atomic mass is 16.5. The number of amides is 1. The highest BCUT2D eigenvalue weighted by Gasteiger charge is 2.19. The standard InChI is InChI=1S/C26H37N5O3/c1-19-23(25(33)29-26(28-19)31-14-16-34-17-15-31)12-13-24(32)27-18-20-8-10-22(11-9-20)30(2)21-6-4-3-5-7-21/h8-11,21H,3-7,12-18H2,1-2H3,(H,27,32)(H,28,29,33). The van der Waals surface area contributed by atoms with Gasteiger partial charge in [0.05, 0.1) is 13.2 Å². The van der Waals surface area contributed by atoms with Crippen LogP contribution in [0.5, 0.6) is 0 Å². The molecule has 1 saturated carbocycles. The lowest BCUT2D eigenvalue weighted by Gasteiger charge is -2.33. The number of hydrogen-bond donors (Lipinski definition) is 2. The minimum absolute atomic E-state index is 0.0699. The topological polar surface area (TPSA) is 90.6 Å². The first kappa shape index (κ1) is 24.3. The second kappa shape index (κ2) is 11.5. The third kappa shape index (κ3) is 6.17. The number of anilines is 2. The van der Waals surface area contributed by atoms with Gasteiger partial charge in [0, 0.05) is 56.1 Å². The van der Waals surface area contributed by atoms with E-state index < -0.39 is 0 Å². The smallest absolute Gasteiger partial charge is 0.255 e. The van der Waals surface area contributed by atoms with Crippen LogP contribution in [0.2, 0.25) is 0 Å². The van der Waals surface area contributed by atoms with Crippen molar-refractivity contribution < 1.29 is 9.53 Å². The van der Waals surface area contributed by atoms with Gasteiger partial charge in [-0.1, -0.05) is 31.4 Å². The van der Waals surface area contributed by atoms with Crippen LogP contribution in [0, 0.1) is 6.92 Å². The number of aryl methyl sites for hydroxylation is 1. The van der Waals surface area contributed by atoms with Gasteiger partial charge in [-0.25, -0.2) is 4.98 Å². The van der Waals surface area contributed by atoms with Gasteiger partial charge >= 0.3 is 0 Å². The summed E-state index contributed by atoms with van der Waals surface area (Å²) in [7, 11) is 2.18. The largest absolute Gasteiger partial charge is 0.378 e. The number of H-pyrrole nitrogens is 1. The molecule has 1 aromatic heterocycles. The van der Waals surface area contributed by atoms with Crippen LogP contribution in [-0.2, 0) is 22.5 Å². The normalized spacial score (nSPS) is 16.9. The van der Waals surface area contributed by atoms with Crippen molar-refractivity contribution in [1.29, 1.82) is 0 Å². The molecule has 2 aliphatic rings. The molecule has 2 heterocycles. The molecule has 8 nitrogen and oxygen atoms in total. The van der Waals surface area contributed by atoms with Gasteiger partial charge in [0.15, 0.2) is 0 Å². The third-order valence-electron chi connectivity index (χ3n) is 7.08. The lowest BCUT2D eigenvalue weighted by molar-refractivity contribution is -0.121. The molecule has 0 atom stereocenters. The van der Waals surface area contributed by atoms with Gasteiger partial charge < -0.3 is 19.9 Å². The van der Waals surface area contributed by atoms with Crippen molar-refractivity contribution in [3.05, 3.63) is 51.4 Å². The van der Waals surface area contributed by atoms with Crippen molar-refractivity contribution in [2.45, 2.75) is 64.5 Å². The first-order chi connectivity index (χ1) is 16.5. The van der Waals surface area contributed by atoms with E-state index >= 15 is 0 Å². The first-order valence-electron chi connectivity index (χ1n) is 12.5. The fourth-order valence-corrected chi connectivity index (χ4v) is 4.87. The summed E-state index contributed by atoms with van der Waals surface area (Å²) in [4.78, 5) is 36.9. The van der Waals surface area contributed by atoms with Crippen LogP contribution in [0.25, 0.3) is 0 Å². The summed E-state index contributed by atoms with van der Waals surface area (Å²) in [5.74, 6) is 0.510. The number of morpholine rings is 1. The van der Waals surface area contributed by atoms with Crippen LogP contribution < -0.4 is 20.7 Å². The first-order valence-corrected chi connectivity index (χ1v) is 12.5. The van der Waals surface area contributed by atoms with Crippen molar-refractivity contribution in [3.8, 4) is 0 Å². The predicted molar refractivity (Wildman–Crippen MR) is 135 cm³/mol. The molecule has 34 heavy (non-hydrogen) atoms. The number of hydrogen-bond acceptors (Lipinski definition) is 6. The van der Waals surface area contributed by atoms with Gasteiger partial charge in [0.1, 0.15) is 0 Å². The minimum atomic E-state index is -0.167. The van der Waals surface area contributed by atoms with Crippen LogP contribution in [0.4, 0.5) is 11.6 Å². The van der Waals surface area contributed by atoms with Gasteiger partial charge in [-0.05, 0) is 43.9 Å². The number of nitrogens with zero attached hydrogens (tertiary/aromatic N) is 3. The molecule has 8 heteroatoms. The zero-order valence-electron chi connectivity index (χ0n) is 20.4. The summed E-state index contributed by atoms with van der Waals surface area (Å²) in [6.07, 6.45) is 7.15. The number of ether oxygens (including phenoxy) is 1. The lowest BCUT2D eigenvalue weighted by Crippen LogP contribution is -2.38. The molecule has 1 aliphatic heterocycles. The van der Waals surface area contributed by atoms with Crippen molar-refractivity contribution in [1.82, 2.24) is 15.3 Å². The van der Waals surface area contributed by atoms with E-state index in [2.05, 4.69) is 51.5 Å². The predicted octanol–water partition coefficient (Wildman–Crippen LogP) is 2.93. The zero-order chi connectivity index (χ0) is 23.9. The number of carbonyl (C=O) groups excluding carboxylic acids is 1. The van der Waals surface area contributed by atoms with E-state index in [9.17, 15) is 9.59 Å². The molecule has 0 unspecified atom stereocenters. The number of nitrogens with one attached hydrogen (secondary N) is 2. The fraction of sp³-hybridized carbons (Fsp3) is 0.577. The second-order valence-corrected chi connectivity index (χ2v) is 9.40. The van der Waals surface area contributed by atoms with Crippen molar-refractivity contribution in [2.75, 3.05) is 43.2 Å². The molecule has 0 bridgehead atoms. The number of aromatic nitrogens is 2. The molecule has 0 radical (unpaired) electrons. The summed E-state index contributed by atoms with van der Waals surface area (Å²) >= 11 is 0. The zero-order valence-corrected chi connectivity index (χ0v) is 20.4. The lowest BCUT2D eigenvalue weighted by atomic mass is 9.94. The molecular weight excluding hydrogens is 430 g/mol. The number of carbonyl (C=O) groups is 1. The average molecular weight is 468 g/mol. The van der Waals surface area contributed by atoms with Crippen LogP contribution in [0.15, 0.2) is 29.1 Å². The fourth-order valence-electron chi connectivity index (χ4n) is 4.87. The highest BCUT2D eigenvalue weighted by Crippen LogP contribution is 2.26. The van der Waals surface area contributed by atoms with E-state index in [1.165, 1.54) is 37.8 Å². The van der Waals surface area contributed by atoms with E-state index in [4.69, 9.17) is 4.74 Å². The van der Waals surface area contributed by atoms with Gasteiger partial charge in [-0.15, -0.1) is 0 Å². The molecule has 4 rings (SSSR count). The van der Waals surface area contributed by atoms with Crippen molar-refractivity contribution in [3.63, 3.8) is 0 Å². The molecule has 1 amide bonds. The SMILES string of the molecule is Cc1nc(N2CCOCC2)[nH]c(=O)c1CCC(=O)NCc1ccc(N(C)C2CCCCC2)cc1. The van der Waals surface area contributed by atoms with E-state index in [-0.39, 0.29) is 17.9 Å². The van der Waals surface area contributed by atoms with Crippen LogP contribution in [-0.4, -0.2) is 55.3 Å². The monoisotopic (exact) mass is 467 g/mol. The summed E-state index contributed by atoms with van der Waals surface area (Å²) in [6.45, 7) is 4.99. The number of benzene rings is 1. The Kier molecular flexibility index (Phi) is 8.21. The summed E-state index contributed by atoms with van der Waals surface area (Å²) in [5.41, 5.74) is 3.38. The van der Waals surface area contributed by atoms with Crippen LogP contribution >= 0.6 is 0 Å². The maximum Gasteiger partial charge on any atom is 0.255 e. The van der Waals surface area contributed by atoms with Crippen molar-refractivity contribution >= 4 is 17.5 Å². The Hall–Kier alpha value is -2.87. The van der Waals surface area contributed by atoms with Gasteiger partial charge in [0.25, 0.3) is 5.56 Å². The number of aromatic amines is 1.